The SMILES string of the molecule is Cc1cccc(NC(=O)CC2CN(c3ccccn3)CCN2)c1. The van der Waals surface area contributed by atoms with Crippen LogP contribution in [0.15, 0.2) is 48.7 Å². The lowest BCUT2D eigenvalue weighted by molar-refractivity contribution is -0.116. The maximum Gasteiger partial charge on any atom is 0.226 e. The molecule has 1 unspecified atom stereocenters. The van der Waals surface area contributed by atoms with Gasteiger partial charge in [0.2, 0.25) is 5.91 Å². The Balaban J connectivity index is 1.56. The van der Waals surface area contributed by atoms with Crippen molar-refractivity contribution >= 4 is 17.4 Å². The lowest BCUT2D eigenvalue weighted by Gasteiger charge is -2.34. The first-order valence-corrected chi connectivity index (χ1v) is 7.96. The van der Waals surface area contributed by atoms with Crippen molar-refractivity contribution in [1.29, 1.82) is 0 Å². The van der Waals surface area contributed by atoms with Crippen molar-refractivity contribution in [2.24, 2.45) is 0 Å². The highest BCUT2D eigenvalue weighted by Crippen LogP contribution is 2.14. The summed E-state index contributed by atoms with van der Waals surface area (Å²) in [5.74, 6) is 1.01. The molecule has 0 aliphatic carbocycles. The number of rotatable bonds is 4. The first-order chi connectivity index (χ1) is 11.2. The summed E-state index contributed by atoms with van der Waals surface area (Å²) in [6, 6.07) is 13.9. The summed E-state index contributed by atoms with van der Waals surface area (Å²) < 4.78 is 0. The van der Waals surface area contributed by atoms with Crippen molar-refractivity contribution in [3.63, 3.8) is 0 Å². The zero-order valence-corrected chi connectivity index (χ0v) is 13.3. The van der Waals surface area contributed by atoms with Crippen molar-refractivity contribution in [2.75, 3.05) is 29.9 Å². The van der Waals surface area contributed by atoms with Gasteiger partial charge in [-0.1, -0.05) is 18.2 Å². The fourth-order valence-electron chi connectivity index (χ4n) is 2.87. The number of hydrogen-bond donors (Lipinski definition) is 2. The Morgan fingerprint density at radius 1 is 1.35 bits per heavy atom. The number of amides is 1. The number of aromatic nitrogens is 1. The average Bonchev–Trinajstić information content (AvgIpc) is 2.56. The number of nitrogens with zero attached hydrogens (tertiary/aromatic N) is 2. The maximum absolute atomic E-state index is 12.2. The topological polar surface area (TPSA) is 57.3 Å². The molecule has 0 saturated carbocycles. The van der Waals surface area contributed by atoms with Crippen LogP contribution >= 0.6 is 0 Å². The van der Waals surface area contributed by atoms with Crippen LogP contribution in [-0.4, -0.2) is 36.6 Å². The van der Waals surface area contributed by atoms with Crippen LogP contribution in [-0.2, 0) is 4.79 Å². The predicted octanol–water partition coefficient (Wildman–Crippen LogP) is 2.20. The van der Waals surface area contributed by atoms with Gasteiger partial charge in [-0.15, -0.1) is 0 Å². The fourth-order valence-corrected chi connectivity index (χ4v) is 2.87. The maximum atomic E-state index is 12.2. The smallest absolute Gasteiger partial charge is 0.226 e. The van der Waals surface area contributed by atoms with Crippen molar-refractivity contribution in [1.82, 2.24) is 10.3 Å². The molecule has 5 nitrogen and oxygen atoms in total. The highest BCUT2D eigenvalue weighted by atomic mass is 16.1. The molecule has 5 heteroatoms. The summed E-state index contributed by atoms with van der Waals surface area (Å²) in [5, 5.41) is 6.39. The Morgan fingerprint density at radius 2 is 2.26 bits per heavy atom. The molecule has 1 aliphatic heterocycles. The third kappa shape index (κ3) is 4.29. The molecule has 0 radical (unpaired) electrons. The first kappa shape index (κ1) is 15.5. The van der Waals surface area contributed by atoms with E-state index in [9.17, 15) is 4.79 Å². The third-order valence-corrected chi connectivity index (χ3v) is 3.96. The van der Waals surface area contributed by atoms with Crippen LogP contribution in [0, 0.1) is 6.92 Å². The number of nitrogens with one attached hydrogen (secondary N) is 2. The van der Waals surface area contributed by atoms with Crippen LogP contribution < -0.4 is 15.5 Å². The van der Waals surface area contributed by atoms with Crippen molar-refractivity contribution < 1.29 is 4.79 Å². The molecule has 2 heterocycles. The van der Waals surface area contributed by atoms with E-state index in [1.54, 1.807) is 6.20 Å². The molecule has 1 aliphatic rings. The predicted molar refractivity (Wildman–Crippen MR) is 92.7 cm³/mol. The van der Waals surface area contributed by atoms with Gasteiger partial charge in [-0.05, 0) is 36.8 Å². The summed E-state index contributed by atoms with van der Waals surface area (Å²) in [4.78, 5) is 18.9. The number of pyridine rings is 1. The number of carbonyl (C=O) groups is 1. The quantitative estimate of drug-likeness (QED) is 0.909. The van der Waals surface area contributed by atoms with Crippen LogP contribution in [0.2, 0.25) is 0 Å². The van der Waals surface area contributed by atoms with Crippen LogP contribution in [0.5, 0.6) is 0 Å². The van der Waals surface area contributed by atoms with Gasteiger partial charge < -0.3 is 15.5 Å². The van der Waals surface area contributed by atoms with E-state index in [1.165, 1.54) is 0 Å². The van der Waals surface area contributed by atoms with E-state index in [1.807, 2.05) is 49.4 Å². The van der Waals surface area contributed by atoms with Gasteiger partial charge in [-0.3, -0.25) is 4.79 Å². The summed E-state index contributed by atoms with van der Waals surface area (Å²) in [7, 11) is 0. The number of hydrogen-bond acceptors (Lipinski definition) is 4. The van der Waals surface area contributed by atoms with Crippen LogP contribution in [0.1, 0.15) is 12.0 Å². The van der Waals surface area contributed by atoms with E-state index in [0.717, 1.165) is 36.7 Å². The molecular weight excluding hydrogens is 288 g/mol. The minimum Gasteiger partial charge on any atom is -0.354 e. The fraction of sp³-hybridized carbons (Fsp3) is 0.333. The Bertz CT molecular complexity index is 659. The van der Waals surface area contributed by atoms with Crippen molar-refractivity contribution in [3.8, 4) is 0 Å². The lowest BCUT2D eigenvalue weighted by atomic mass is 10.1. The second-order valence-corrected chi connectivity index (χ2v) is 5.91. The largest absolute Gasteiger partial charge is 0.354 e. The van der Waals surface area contributed by atoms with E-state index < -0.39 is 0 Å². The Morgan fingerprint density at radius 3 is 3.04 bits per heavy atom. The lowest BCUT2D eigenvalue weighted by Crippen LogP contribution is -2.52. The molecule has 1 atom stereocenters. The highest BCUT2D eigenvalue weighted by molar-refractivity contribution is 5.91. The van der Waals surface area contributed by atoms with Crippen molar-refractivity contribution in [3.05, 3.63) is 54.2 Å². The molecule has 0 spiro atoms. The van der Waals surface area contributed by atoms with E-state index in [2.05, 4.69) is 20.5 Å². The number of anilines is 2. The average molecular weight is 310 g/mol. The molecule has 1 saturated heterocycles. The summed E-state index contributed by atoms with van der Waals surface area (Å²) in [6.07, 6.45) is 2.26. The first-order valence-electron chi connectivity index (χ1n) is 7.96. The second kappa shape index (κ2) is 7.24. The summed E-state index contributed by atoms with van der Waals surface area (Å²) in [6.45, 7) is 4.58. The van der Waals surface area contributed by atoms with Gasteiger partial charge in [0.05, 0.1) is 0 Å². The molecule has 2 aromatic rings. The van der Waals surface area contributed by atoms with Crippen LogP contribution in [0.3, 0.4) is 0 Å². The van der Waals surface area contributed by atoms with Gasteiger partial charge >= 0.3 is 0 Å². The molecule has 1 fully saturated rings. The van der Waals surface area contributed by atoms with Gasteiger partial charge in [0, 0.05) is 44.0 Å². The van der Waals surface area contributed by atoms with E-state index in [-0.39, 0.29) is 11.9 Å². The van der Waals surface area contributed by atoms with Gasteiger partial charge in [-0.2, -0.15) is 0 Å². The van der Waals surface area contributed by atoms with E-state index in [4.69, 9.17) is 0 Å². The Kier molecular flexibility index (Phi) is 4.88. The number of benzene rings is 1. The zero-order valence-electron chi connectivity index (χ0n) is 13.3. The molecular formula is C18H22N4O. The second-order valence-electron chi connectivity index (χ2n) is 5.91. The number of carbonyl (C=O) groups excluding carboxylic acids is 1. The highest BCUT2D eigenvalue weighted by Gasteiger charge is 2.22. The number of aryl methyl sites for hydroxylation is 1. The minimum absolute atomic E-state index is 0.0379. The van der Waals surface area contributed by atoms with Crippen molar-refractivity contribution in [2.45, 2.75) is 19.4 Å². The normalized spacial score (nSPS) is 17.8. The minimum atomic E-state index is 0.0379. The molecule has 23 heavy (non-hydrogen) atoms. The summed E-state index contributed by atoms with van der Waals surface area (Å²) >= 11 is 0. The van der Waals surface area contributed by atoms with Gasteiger partial charge in [0.25, 0.3) is 0 Å². The molecule has 1 aromatic carbocycles. The molecule has 120 valence electrons. The zero-order chi connectivity index (χ0) is 16.1. The molecule has 1 aromatic heterocycles. The Labute approximate surface area is 136 Å². The third-order valence-electron chi connectivity index (χ3n) is 3.96. The van der Waals surface area contributed by atoms with Crippen LogP contribution in [0.25, 0.3) is 0 Å². The van der Waals surface area contributed by atoms with Crippen LogP contribution in [0.4, 0.5) is 11.5 Å². The standard InChI is InChI=1S/C18H22N4O/c1-14-5-4-6-15(11-14)21-18(23)12-16-13-22(10-9-19-16)17-7-2-3-8-20-17/h2-8,11,16,19H,9-10,12-13H2,1H3,(H,21,23). The monoisotopic (exact) mass is 310 g/mol. The van der Waals surface area contributed by atoms with Gasteiger partial charge in [-0.25, -0.2) is 4.98 Å². The molecule has 3 rings (SSSR count). The Hall–Kier alpha value is -2.40. The molecule has 1 amide bonds. The number of piperazine rings is 1. The van der Waals surface area contributed by atoms with Gasteiger partial charge in [0.15, 0.2) is 0 Å². The van der Waals surface area contributed by atoms with Gasteiger partial charge in [0.1, 0.15) is 5.82 Å². The molecule has 0 bridgehead atoms. The van der Waals surface area contributed by atoms with E-state index >= 15 is 0 Å². The molecule has 2 N–H and O–H groups in total. The van der Waals surface area contributed by atoms with E-state index in [0.29, 0.717) is 6.42 Å². The summed E-state index contributed by atoms with van der Waals surface area (Å²) in [5.41, 5.74) is 1.99.